The van der Waals surface area contributed by atoms with Crippen LogP contribution in [-0.2, 0) is 14.3 Å². The number of amides is 1. The third-order valence-corrected chi connectivity index (χ3v) is 5.04. The third-order valence-electron chi connectivity index (χ3n) is 4.16. The average Bonchev–Trinajstić information content (AvgIpc) is 3.07. The Kier molecular flexibility index (Phi) is 4.14. The Bertz CT molecular complexity index is 1080. The highest BCUT2D eigenvalue weighted by Gasteiger charge is 2.41. The van der Waals surface area contributed by atoms with E-state index in [0.29, 0.717) is 32.3 Å². The molecule has 1 saturated heterocycles. The van der Waals surface area contributed by atoms with Gasteiger partial charge in [-0.3, -0.25) is 19.4 Å². The Morgan fingerprint density at radius 1 is 1.22 bits per heavy atom. The number of carbonyl (C=O) groups excluding carboxylic acids is 1. The monoisotopic (exact) mass is 424 g/mol. The van der Waals surface area contributed by atoms with E-state index in [4.69, 9.17) is 44.9 Å². The highest BCUT2D eigenvalue weighted by atomic mass is 35.5. The van der Waals surface area contributed by atoms with Crippen LogP contribution in [0, 0.1) is 0 Å². The number of ether oxygens (including phenoxy) is 2. The van der Waals surface area contributed by atoms with Crippen LogP contribution in [0.1, 0.15) is 0 Å². The maximum absolute atomic E-state index is 12.4. The summed E-state index contributed by atoms with van der Waals surface area (Å²) in [4.78, 5) is 26.4. The van der Waals surface area contributed by atoms with Crippen LogP contribution in [-0.4, -0.2) is 40.6 Å². The predicted molar refractivity (Wildman–Crippen MR) is 103 cm³/mol. The number of benzene rings is 2. The van der Waals surface area contributed by atoms with Gasteiger partial charge in [0.15, 0.2) is 5.75 Å². The van der Waals surface area contributed by atoms with Gasteiger partial charge in [0.05, 0.1) is 5.69 Å². The first-order chi connectivity index (χ1) is 12.8. The van der Waals surface area contributed by atoms with Crippen LogP contribution < -0.4 is 9.64 Å². The summed E-state index contributed by atoms with van der Waals surface area (Å²) < 4.78 is 11.1. The molecule has 2 aromatic rings. The molecule has 0 aromatic heterocycles. The van der Waals surface area contributed by atoms with Crippen LogP contribution in [0.15, 0.2) is 35.9 Å². The van der Waals surface area contributed by atoms with Crippen molar-refractivity contribution in [2.75, 3.05) is 18.5 Å². The zero-order valence-electron chi connectivity index (χ0n) is 13.7. The molecule has 4 rings (SSSR count). The van der Waals surface area contributed by atoms with Gasteiger partial charge in [-0.2, -0.15) is 0 Å². The summed E-state index contributed by atoms with van der Waals surface area (Å²) in [7, 11) is 1.46. The Labute approximate surface area is 168 Å². The van der Waals surface area contributed by atoms with E-state index in [1.54, 1.807) is 24.3 Å². The van der Waals surface area contributed by atoms with Crippen molar-refractivity contribution in [3.8, 4) is 5.75 Å². The fourth-order valence-corrected chi connectivity index (χ4v) is 3.69. The summed E-state index contributed by atoms with van der Waals surface area (Å²) in [5.41, 5.74) is 0.429. The van der Waals surface area contributed by atoms with Gasteiger partial charge in [-0.05, 0) is 36.5 Å². The molecule has 1 N–H and O–H groups in total. The van der Waals surface area contributed by atoms with E-state index in [-0.39, 0.29) is 16.8 Å². The number of aliphatic carboxylic acids is 1. The maximum atomic E-state index is 12.4. The van der Waals surface area contributed by atoms with Crippen molar-refractivity contribution < 1.29 is 24.2 Å². The lowest BCUT2D eigenvalue weighted by Crippen LogP contribution is -2.30. The lowest BCUT2D eigenvalue weighted by atomic mass is 10.1. The number of carboxylic acid groups (broad SMARTS) is 1. The van der Waals surface area contributed by atoms with E-state index in [1.807, 2.05) is 0 Å². The molecular formula is C17H10Cl2N2O5S. The second-order valence-corrected chi connectivity index (χ2v) is 7.04. The number of hydrogen-bond acceptors (Lipinski definition) is 6. The molecule has 0 spiro atoms. The molecule has 2 aliphatic heterocycles. The van der Waals surface area contributed by atoms with E-state index in [2.05, 4.69) is 0 Å². The van der Waals surface area contributed by atoms with Gasteiger partial charge in [0.1, 0.15) is 6.54 Å². The quantitative estimate of drug-likeness (QED) is 0.584. The summed E-state index contributed by atoms with van der Waals surface area (Å²) in [6, 6.07) is 6.61. The Morgan fingerprint density at radius 3 is 2.59 bits per heavy atom. The topological polar surface area (TPSA) is 79.3 Å². The smallest absolute Gasteiger partial charge is 0.323 e. The lowest BCUT2D eigenvalue weighted by molar-refractivity contribution is -0.135. The first-order valence-corrected chi connectivity index (χ1v) is 8.77. The van der Waals surface area contributed by atoms with Gasteiger partial charge >= 0.3 is 11.9 Å². The fourth-order valence-electron chi connectivity index (χ4n) is 2.97. The number of likely N-dealkylation sites (N-methyl/N-ethyl adjacent to an activating group) is 1. The largest absolute Gasteiger partial charge is 0.480 e. The van der Waals surface area contributed by atoms with Gasteiger partial charge in [0, 0.05) is 27.9 Å². The van der Waals surface area contributed by atoms with Crippen LogP contribution >= 0.6 is 35.4 Å². The van der Waals surface area contributed by atoms with Gasteiger partial charge in [-0.25, -0.2) is 0 Å². The van der Waals surface area contributed by atoms with Gasteiger partial charge in [-0.1, -0.05) is 23.2 Å². The van der Waals surface area contributed by atoms with E-state index >= 15 is 0 Å². The minimum Gasteiger partial charge on any atom is -0.480 e. The van der Waals surface area contributed by atoms with E-state index in [0.717, 1.165) is 4.90 Å². The van der Waals surface area contributed by atoms with Crippen molar-refractivity contribution in [3.05, 3.63) is 46.0 Å². The van der Waals surface area contributed by atoms with Crippen LogP contribution in [0.5, 0.6) is 5.75 Å². The van der Waals surface area contributed by atoms with Crippen molar-refractivity contribution >= 4 is 68.9 Å². The molecule has 138 valence electrons. The molecule has 7 nitrogen and oxygen atoms in total. The van der Waals surface area contributed by atoms with Crippen molar-refractivity contribution in [1.29, 1.82) is 0 Å². The third kappa shape index (κ3) is 2.77. The molecule has 0 radical (unpaired) electrons. The first kappa shape index (κ1) is 17.8. The van der Waals surface area contributed by atoms with Crippen molar-refractivity contribution in [3.63, 3.8) is 0 Å². The second kappa shape index (κ2) is 6.26. The summed E-state index contributed by atoms with van der Waals surface area (Å²) in [6.07, 6.45) is 0. The van der Waals surface area contributed by atoms with Crippen molar-refractivity contribution in [2.45, 2.75) is 0 Å². The number of nitrogens with zero attached hydrogens (tertiary/aromatic N) is 2. The summed E-state index contributed by atoms with van der Waals surface area (Å²) in [6.45, 7) is -0.470. The van der Waals surface area contributed by atoms with Gasteiger partial charge < -0.3 is 14.6 Å². The zero-order valence-corrected chi connectivity index (χ0v) is 16.0. The normalized spacial score (nSPS) is 18.8. The number of fused-ring (bicyclic) bond motifs is 3. The Hall–Kier alpha value is -2.55. The molecule has 0 unspecified atom stereocenters. The van der Waals surface area contributed by atoms with Crippen LogP contribution in [0.4, 0.5) is 5.69 Å². The average molecular weight is 425 g/mol. The van der Waals surface area contributed by atoms with Crippen LogP contribution in [0.25, 0.3) is 10.8 Å². The molecule has 2 heterocycles. The molecule has 10 heteroatoms. The predicted octanol–water partition coefficient (Wildman–Crippen LogP) is 3.37. The van der Waals surface area contributed by atoms with E-state index in [1.165, 1.54) is 11.9 Å². The standard InChI is InChI=1S/C17H10Cl2N2O5S/c1-20-15(24)14(26-17(20)27)16-21(6-12(22)23)13-9-4-7(18)5-10(19)8(9)2-3-11(13)25-16/h2-5H,6H2,1H3,(H,22,23)/b16-14-. The second-order valence-electron chi connectivity index (χ2n) is 5.84. The summed E-state index contributed by atoms with van der Waals surface area (Å²) >= 11 is 17.4. The molecule has 2 aromatic carbocycles. The minimum atomic E-state index is -1.13. The number of anilines is 1. The molecule has 2 aliphatic rings. The first-order valence-electron chi connectivity index (χ1n) is 7.61. The zero-order chi connectivity index (χ0) is 19.5. The van der Waals surface area contributed by atoms with Gasteiger partial charge in [0.2, 0.25) is 0 Å². The summed E-state index contributed by atoms with van der Waals surface area (Å²) in [5, 5.41) is 11.4. The van der Waals surface area contributed by atoms with Crippen LogP contribution in [0.3, 0.4) is 0 Å². The molecule has 1 amide bonds. The van der Waals surface area contributed by atoms with Crippen molar-refractivity contribution in [1.82, 2.24) is 4.90 Å². The van der Waals surface area contributed by atoms with E-state index in [9.17, 15) is 14.7 Å². The summed E-state index contributed by atoms with van der Waals surface area (Å²) in [5.74, 6) is -1.54. The number of hydrogen-bond donors (Lipinski definition) is 1. The number of carboxylic acids is 1. The number of rotatable bonds is 2. The maximum Gasteiger partial charge on any atom is 0.323 e. The highest BCUT2D eigenvalue weighted by Crippen LogP contribution is 2.47. The Morgan fingerprint density at radius 2 is 1.96 bits per heavy atom. The number of carbonyl (C=O) groups is 2. The van der Waals surface area contributed by atoms with Crippen molar-refractivity contribution in [2.24, 2.45) is 0 Å². The minimum absolute atomic E-state index is 0.0479. The molecule has 0 atom stereocenters. The lowest BCUT2D eigenvalue weighted by Gasteiger charge is -2.18. The van der Waals surface area contributed by atoms with Gasteiger partial charge in [0.25, 0.3) is 16.8 Å². The van der Waals surface area contributed by atoms with E-state index < -0.39 is 18.4 Å². The molecule has 0 bridgehead atoms. The van der Waals surface area contributed by atoms with Gasteiger partial charge in [-0.15, -0.1) is 0 Å². The molecular weight excluding hydrogens is 415 g/mol. The molecule has 27 heavy (non-hydrogen) atoms. The Balaban J connectivity index is 1.98. The highest BCUT2D eigenvalue weighted by molar-refractivity contribution is 7.80. The molecule has 0 aliphatic carbocycles. The molecule has 1 fully saturated rings. The fraction of sp³-hybridized carbons (Fsp3) is 0.118. The number of halogens is 2. The van der Waals surface area contributed by atoms with Crippen LogP contribution in [0.2, 0.25) is 10.0 Å². The molecule has 0 saturated carbocycles. The number of thiocarbonyl (C=S) groups is 1. The SMILES string of the molecule is CN1C(=O)/C(=C2/Oc3ccc4c(Cl)cc(Cl)cc4c3N2CC(=O)O)OC1=S.